The van der Waals surface area contributed by atoms with E-state index in [0.29, 0.717) is 46.8 Å². The molecule has 0 unspecified atom stereocenters. The van der Waals surface area contributed by atoms with Crippen LogP contribution in [0.15, 0.2) is 30.3 Å². The molecule has 0 saturated heterocycles. The molecule has 11 heteroatoms. The third kappa shape index (κ3) is 5.40. The van der Waals surface area contributed by atoms with E-state index in [2.05, 4.69) is 25.9 Å². The fraction of sp³-hybridized carbons (Fsp3) is 0.400. The number of carbonyl (C=O) groups excluding carboxylic acids is 3. The fourth-order valence-electron chi connectivity index (χ4n) is 4.42. The summed E-state index contributed by atoms with van der Waals surface area (Å²) in [5.74, 6) is 0.582. The van der Waals surface area contributed by atoms with Crippen LogP contribution in [0.4, 0.5) is 10.6 Å². The molecule has 2 amide bonds. The van der Waals surface area contributed by atoms with Crippen LogP contribution in [-0.4, -0.2) is 57.5 Å². The van der Waals surface area contributed by atoms with Gasteiger partial charge in [0, 0.05) is 36.3 Å². The maximum Gasteiger partial charge on any atom is 0.407 e. The second-order valence-corrected chi connectivity index (χ2v) is 9.08. The molecule has 11 nitrogen and oxygen atoms in total. The van der Waals surface area contributed by atoms with Crippen LogP contribution in [0.5, 0.6) is 5.75 Å². The Labute approximate surface area is 208 Å². The average Bonchev–Trinajstić information content (AvgIpc) is 3.58. The van der Waals surface area contributed by atoms with E-state index in [1.165, 1.54) is 11.8 Å². The number of hydrogen-bond acceptors (Lipinski definition) is 7. The number of nitrogens with zero attached hydrogens (tertiary/aromatic N) is 3. The Bertz CT molecular complexity index is 1260. The van der Waals surface area contributed by atoms with Gasteiger partial charge in [-0.05, 0) is 45.2 Å². The van der Waals surface area contributed by atoms with E-state index in [4.69, 9.17) is 9.47 Å². The molecule has 1 aliphatic rings. The summed E-state index contributed by atoms with van der Waals surface area (Å²) in [6, 6.07) is 8.64. The minimum absolute atomic E-state index is 0.0200. The van der Waals surface area contributed by atoms with E-state index in [0.717, 1.165) is 18.5 Å². The molecule has 0 spiro atoms. The standard InChI is InChI=1S/C25H30N6O5/c1-14(2)26-25(34)36-16-9-8-15(10-16)19-12-23(29-28-19)27-24(33)21-11-20(30-31(21)3)17-6-5-7-22(35-4)18(17)13-32/h5-7,11-16H,8-10H2,1-4H3,(H,26,34)(H2,27,28,29,33)/t15-,16+/m0/s1. The van der Waals surface area contributed by atoms with Crippen LogP contribution in [-0.2, 0) is 11.8 Å². The molecule has 0 radical (unpaired) electrons. The molecule has 2 heterocycles. The summed E-state index contributed by atoms with van der Waals surface area (Å²) in [5, 5.41) is 17.2. The van der Waals surface area contributed by atoms with Gasteiger partial charge in [-0.1, -0.05) is 12.1 Å². The Balaban J connectivity index is 1.42. The number of aryl methyl sites for hydroxylation is 1. The summed E-state index contributed by atoms with van der Waals surface area (Å²) < 4.78 is 12.2. The first kappa shape index (κ1) is 25.0. The summed E-state index contributed by atoms with van der Waals surface area (Å²) in [6.45, 7) is 3.76. The highest BCUT2D eigenvalue weighted by Crippen LogP contribution is 2.36. The number of benzene rings is 1. The van der Waals surface area contributed by atoms with E-state index in [-0.39, 0.29) is 24.0 Å². The Hall–Kier alpha value is -4.15. The second-order valence-electron chi connectivity index (χ2n) is 9.08. The van der Waals surface area contributed by atoms with Crippen LogP contribution in [0.2, 0.25) is 0 Å². The van der Waals surface area contributed by atoms with Crippen molar-refractivity contribution in [2.75, 3.05) is 12.4 Å². The number of hydrogen-bond donors (Lipinski definition) is 3. The van der Waals surface area contributed by atoms with Gasteiger partial charge in [0.05, 0.1) is 18.4 Å². The molecule has 1 aromatic carbocycles. The lowest BCUT2D eigenvalue weighted by atomic mass is 10.0. The number of aldehydes is 1. The van der Waals surface area contributed by atoms with Gasteiger partial charge in [-0.3, -0.25) is 19.4 Å². The van der Waals surface area contributed by atoms with Gasteiger partial charge in [0.15, 0.2) is 12.1 Å². The van der Waals surface area contributed by atoms with Crippen molar-refractivity contribution in [3.05, 3.63) is 47.3 Å². The number of aromatic amines is 1. The highest BCUT2D eigenvalue weighted by atomic mass is 16.6. The summed E-state index contributed by atoms with van der Waals surface area (Å²) in [5.41, 5.74) is 2.59. The zero-order valence-corrected chi connectivity index (χ0v) is 20.7. The van der Waals surface area contributed by atoms with Gasteiger partial charge < -0.3 is 20.1 Å². The van der Waals surface area contributed by atoms with Crippen molar-refractivity contribution in [2.24, 2.45) is 7.05 Å². The molecule has 36 heavy (non-hydrogen) atoms. The molecule has 3 N–H and O–H groups in total. The molecule has 1 aliphatic carbocycles. The lowest BCUT2D eigenvalue weighted by molar-refractivity contribution is 0.0979. The third-order valence-corrected chi connectivity index (χ3v) is 6.14. The quantitative estimate of drug-likeness (QED) is 0.406. The number of anilines is 1. The van der Waals surface area contributed by atoms with Crippen LogP contribution in [0.25, 0.3) is 11.3 Å². The Morgan fingerprint density at radius 2 is 2.06 bits per heavy atom. The van der Waals surface area contributed by atoms with Crippen molar-refractivity contribution < 1.29 is 23.9 Å². The molecule has 190 valence electrons. The van der Waals surface area contributed by atoms with Gasteiger partial charge in [0.1, 0.15) is 17.5 Å². The molecule has 3 aromatic rings. The number of rotatable bonds is 8. The maximum absolute atomic E-state index is 13.0. The Kier molecular flexibility index (Phi) is 7.37. The number of H-pyrrole nitrogens is 1. The summed E-state index contributed by atoms with van der Waals surface area (Å²) in [4.78, 5) is 36.5. The molecule has 2 aromatic heterocycles. The number of carbonyl (C=O) groups is 3. The van der Waals surface area contributed by atoms with E-state index in [1.807, 2.05) is 13.8 Å². The monoisotopic (exact) mass is 494 g/mol. The van der Waals surface area contributed by atoms with Crippen molar-refractivity contribution in [3.63, 3.8) is 0 Å². The topological polar surface area (TPSA) is 140 Å². The first-order valence-corrected chi connectivity index (χ1v) is 11.8. The molecule has 2 atom stereocenters. The Morgan fingerprint density at radius 1 is 1.25 bits per heavy atom. The van der Waals surface area contributed by atoms with Gasteiger partial charge in [-0.25, -0.2) is 4.79 Å². The molecule has 1 fully saturated rings. The van der Waals surface area contributed by atoms with Crippen LogP contribution in [0, 0.1) is 0 Å². The largest absolute Gasteiger partial charge is 0.496 e. The van der Waals surface area contributed by atoms with E-state index in [9.17, 15) is 14.4 Å². The number of amides is 2. The highest BCUT2D eigenvalue weighted by Gasteiger charge is 2.30. The van der Waals surface area contributed by atoms with Crippen molar-refractivity contribution >= 4 is 24.1 Å². The molecular formula is C25H30N6O5. The van der Waals surface area contributed by atoms with Crippen molar-refractivity contribution in [2.45, 2.75) is 51.2 Å². The summed E-state index contributed by atoms with van der Waals surface area (Å²) in [7, 11) is 3.15. The van der Waals surface area contributed by atoms with Gasteiger partial charge >= 0.3 is 6.09 Å². The first-order valence-electron chi connectivity index (χ1n) is 11.8. The van der Waals surface area contributed by atoms with Gasteiger partial charge in [-0.2, -0.15) is 10.2 Å². The summed E-state index contributed by atoms with van der Waals surface area (Å²) >= 11 is 0. The van der Waals surface area contributed by atoms with Crippen LogP contribution in [0.1, 0.15) is 65.6 Å². The number of alkyl carbamates (subject to hydrolysis) is 1. The molecule has 1 saturated carbocycles. The number of aromatic nitrogens is 4. The van der Waals surface area contributed by atoms with E-state index in [1.54, 1.807) is 37.4 Å². The zero-order valence-electron chi connectivity index (χ0n) is 20.7. The SMILES string of the molecule is COc1cccc(-c2cc(C(=O)Nc3cc([C@H]4CC[C@@H](OC(=O)NC(C)C)C4)[nH]n3)n(C)n2)c1C=O. The lowest BCUT2D eigenvalue weighted by Gasteiger charge is -2.14. The number of nitrogens with one attached hydrogen (secondary N) is 3. The van der Waals surface area contributed by atoms with Crippen LogP contribution >= 0.6 is 0 Å². The minimum atomic E-state index is -0.405. The van der Waals surface area contributed by atoms with Gasteiger partial charge in [-0.15, -0.1) is 0 Å². The normalized spacial score (nSPS) is 17.1. The number of methoxy groups -OCH3 is 1. The lowest BCUT2D eigenvalue weighted by Crippen LogP contribution is -2.33. The van der Waals surface area contributed by atoms with Crippen molar-refractivity contribution in [3.8, 4) is 17.0 Å². The van der Waals surface area contributed by atoms with Crippen LogP contribution in [0.3, 0.4) is 0 Å². The van der Waals surface area contributed by atoms with Crippen molar-refractivity contribution in [1.29, 1.82) is 0 Å². The number of ether oxygens (including phenoxy) is 2. The summed E-state index contributed by atoms with van der Waals surface area (Å²) in [6.07, 6.45) is 2.45. The smallest absolute Gasteiger partial charge is 0.407 e. The van der Waals surface area contributed by atoms with Gasteiger partial charge in [0.2, 0.25) is 0 Å². The predicted molar refractivity (Wildman–Crippen MR) is 132 cm³/mol. The van der Waals surface area contributed by atoms with Crippen molar-refractivity contribution in [1.82, 2.24) is 25.3 Å². The maximum atomic E-state index is 13.0. The third-order valence-electron chi connectivity index (χ3n) is 6.14. The highest BCUT2D eigenvalue weighted by molar-refractivity contribution is 6.03. The fourth-order valence-corrected chi connectivity index (χ4v) is 4.42. The van der Waals surface area contributed by atoms with Crippen LogP contribution < -0.4 is 15.4 Å². The Morgan fingerprint density at radius 3 is 2.78 bits per heavy atom. The molecule has 4 rings (SSSR count). The van der Waals surface area contributed by atoms with E-state index >= 15 is 0 Å². The molecule has 0 bridgehead atoms. The molecule has 0 aliphatic heterocycles. The molecular weight excluding hydrogens is 464 g/mol. The van der Waals surface area contributed by atoms with Gasteiger partial charge in [0.25, 0.3) is 5.91 Å². The average molecular weight is 495 g/mol. The first-order chi connectivity index (χ1) is 17.3. The van der Waals surface area contributed by atoms with E-state index < -0.39 is 6.09 Å². The second kappa shape index (κ2) is 10.6. The zero-order chi connectivity index (χ0) is 25.8. The predicted octanol–water partition coefficient (Wildman–Crippen LogP) is 3.65. The minimum Gasteiger partial charge on any atom is -0.496 e.